The van der Waals surface area contributed by atoms with Crippen LogP contribution in [0.2, 0.25) is 0 Å². The molecule has 11 heteroatoms. The summed E-state index contributed by atoms with van der Waals surface area (Å²) in [6.07, 6.45) is 0. The molecule has 1 aliphatic rings. The maximum Gasteiger partial charge on any atom is 0.289 e. The molecular formula is C19H22FN5O5. The number of morpholine rings is 1. The monoisotopic (exact) mass is 419 g/mol. The van der Waals surface area contributed by atoms with Gasteiger partial charge in [0.15, 0.2) is 5.69 Å². The van der Waals surface area contributed by atoms with Crippen LogP contribution in [0.15, 0.2) is 24.3 Å². The fourth-order valence-corrected chi connectivity index (χ4v) is 2.80. The minimum atomic E-state index is -0.879. The highest BCUT2D eigenvalue weighted by Gasteiger charge is 2.22. The zero-order valence-electron chi connectivity index (χ0n) is 16.1. The van der Waals surface area contributed by atoms with E-state index in [1.807, 2.05) is 0 Å². The van der Waals surface area contributed by atoms with Crippen LogP contribution in [-0.2, 0) is 11.3 Å². The topological polar surface area (TPSA) is 137 Å². The minimum Gasteiger partial charge on any atom is -0.501 e. The fraction of sp³-hybridized carbons (Fsp3) is 0.368. The maximum absolute atomic E-state index is 13.0. The molecule has 0 atom stereocenters. The van der Waals surface area contributed by atoms with E-state index in [-0.39, 0.29) is 6.54 Å². The summed E-state index contributed by atoms with van der Waals surface area (Å²) < 4.78 is 18.2. The molecule has 2 aromatic rings. The maximum atomic E-state index is 13.0. The van der Waals surface area contributed by atoms with Gasteiger partial charge >= 0.3 is 0 Å². The first-order valence-corrected chi connectivity index (χ1v) is 9.35. The third-order valence-corrected chi connectivity index (χ3v) is 4.47. The molecule has 1 saturated heterocycles. The molecule has 30 heavy (non-hydrogen) atoms. The number of hydrogen-bond acceptors (Lipinski definition) is 8. The number of aromatic nitrogens is 2. The molecule has 1 aromatic carbocycles. The molecule has 4 N–H and O–H groups in total. The Morgan fingerprint density at radius 3 is 2.47 bits per heavy atom. The van der Waals surface area contributed by atoms with Gasteiger partial charge in [0.1, 0.15) is 5.82 Å². The van der Waals surface area contributed by atoms with Crippen LogP contribution in [0.3, 0.4) is 0 Å². The number of rotatable bonds is 7. The van der Waals surface area contributed by atoms with Crippen molar-refractivity contribution in [3.05, 3.63) is 47.2 Å². The summed E-state index contributed by atoms with van der Waals surface area (Å²) in [5.41, 5.74) is 0.0755. The van der Waals surface area contributed by atoms with Gasteiger partial charge in [0.2, 0.25) is 11.6 Å². The Morgan fingerprint density at radius 2 is 1.77 bits per heavy atom. The molecule has 1 fully saturated rings. The van der Waals surface area contributed by atoms with Crippen molar-refractivity contribution in [2.75, 3.05) is 39.4 Å². The van der Waals surface area contributed by atoms with E-state index >= 15 is 0 Å². The van der Waals surface area contributed by atoms with Crippen LogP contribution in [0.4, 0.5) is 4.39 Å². The number of nitrogens with one attached hydrogen (secondary N) is 2. The van der Waals surface area contributed by atoms with E-state index < -0.39 is 40.8 Å². The second-order valence-corrected chi connectivity index (χ2v) is 6.59. The third-order valence-electron chi connectivity index (χ3n) is 4.47. The lowest BCUT2D eigenvalue weighted by Gasteiger charge is -2.26. The van der Waals surface area contributed by atoms with E-state index in [0.717, 1.165) is 13.1 Å². The van der Waals surface area contributed by atoms with Gasteiger partial charge in [-0.05, 0) is 17.7 Å². The predicted octanol–water partition coefficient (Wildman–Crippen LogP) is 0.0189. The number of halogens is 1. The largest absolute Gasteiger partial charge is 0.501 e. The van der Waals surface area contributed by atoms with Crippen LogP contribution in [0.5, 0.6) is 11.6 Å². The summed E-state index contributed by atoms with van der Waals surface area (Å²) in [6.45, 7) is 3.76. The number of nitrogens with zero attached hydrogens (tertiary/aromatic N) is 3. The smallest absolute Gasteiger partial charge is 0.289 e. The zero-order valence-corrected chi connectivity index (χ0v) is 16.1. The Balaban J connectivity index is 1.61. The molecule has 2 amide bonds. The van der Waals surface area contributed by atoms with Gasteiger partial charge in [-0.15, -0.1) is 0 Å². The van der Waals surface area contributed by atoms with Gasteiger partial charge in [0, 0.05) is 32.7 Å². The van der Waals surface area contributed by atoms with Gasteiger partial charge in [-0.1, -0.05) is 12.1 Å². The standard InChI is InChI=1S/C19H22FN5O5/c20-13-3-1-12(2-4-13)11-22-17(27)14-15(26)18(28)24-16(23-14)19(29)21-5-6-25-7-9-30-10-8-25/h1-4,26H,5-11H2,(H,21,29)(H,22,27)(H,23,24,28). The van der Waals surface area contributed by atoms with Gasteiger partial charge in [-0.3, -0.25) is 14.5 Å². The lowest BCUT2D eigenvalue weighted by molar-refractivity contribution is 0.0383. The van der Waals surface area contributed by atoms with Crippen molar-refractivity contribution in [2.24, 2.45) is 0 Å². The van der Waals surface area contributed by atoms with Crippen molar-refractivity contribution >= 4 is 11.8 Å². The van der Waals surface area contributed by atoms with Gasteiger partial charge in [-0.25, -0.2) is 9.37 Å². The van der Waals surface area contributed by atoms with Crippen LogP contribution < -0.4 is 10.6 Å². The molecule has 0 aliphatic carbocycles. The molecule has 160 valence electrons. The molecule has 1 aliphatic heterocycles. The summed E-state index contributed by atoms with van der Waals surface area (Å²) in [5, 5.41) is 24.8. The van der Waals surface area contributed by atoms with Crippen molar-refractivity contribution in [1.29, 1.82) is 0 Å². The summed E-state index contributed by atoms with van der Waals surface area (Å²) >= 11 is 0. The zero-order chi connectivity index (χ0) is 21.5. The number of amides is 2. The van der Waals surface area contributed by atoms with E-state index in [4.69, 9.17) is 4.74 Å². The van der Waals surface area contributed by atoms with Gasteiger partial charge in [0.05, 0.1) is 13.2 Å². The highest BCUT2D eigenvalue weighted by atomic mass is 19.1. The molecule has 2 heterocycles. The number of hydrogen-bond donors (Lipinski definition) is 4. The summed E-state index contributed by atoms with van der Waals surface area (Å²) in [4.78, 5) is 34.1. The second kappa shape index (κ2) is 9.94. The Hall–Kier alpha value is -3.31. The van der Waals surface area contributed by atoms with Crippen molar-refractivity contribution in [3.63, 3.8) is 0 Å². The Labute approximate surface area is 171 Å². The van der Waals surface area contributed by atoms with Crippen molar-refractivity contribution < 1.29 is 28.9 Å². The lowest BCUT2D eigenvalue weighted by Crippen LogP contribution is -2.41. The van der Waals surface area contributed by atoms with Crippen molar-refractivity contribution in [3.8, 4) is 11.6 Å². The first kappa shape index (κ1) is 21.4. The van der Waals surface area contributed by atoms with Crippen molar-refractivity contribution in [1.82, 2.24) is 25.5 Å². The minimum absolute atomic E-state index is 0.0321. The number of carbonyl (C=O) groups excluding carboxylic acids is 2. The van der Waals surface area contributed by atoms with Gasteiger partial charge in [0.25, 0.3) is 17.7 Å². The Kier molecular flexibility index (Phi) is 7.09. The number of ether oxygens (including phenoxy) is 1. The average molecular weight is 419 g/mol. The van der Waals surface area contributed by atoms with Crippen LogP contribution in [0.25, 0.3) is 0 Å². The van der Waals surface area contributed by atoms with E-state index in [1.54, 1.807) is 0 Å². The summed E-state index contributed by atoms with van der Waals surface area (Å²) in [7, 11) is 0. The van der Waals surface area contributed by atoms with E-state index in [9.17, 15) is 24.2 Å². The lowest BCUT2D eigenvalue weighted by atomic mass is 10.2. The third kappa shape index (κ3) is 5.61. The van der Waals surface area contributed by atoms with Gasteiger partial charge in [-0.2, -0.15) is 4.98 Å². The number of carbonyl (C=O) groups is 2. The Bertz CT molecular complexity index is 903. The van der Waals surface area contributed by atoms with E-state index in [1.165, 1.54) is 24.3 Å². The average Bonchev–Trinajstić information content (AvgIpc) is 2.75. The Morgan fingerprint density at radius 1 is 1.07 bits per heavy atom. The summed E-state index contributed by atoms with van der Waals surface area (Å²) in [5.74, 6) is -4.08. The SMILES string of the molecule is O=C(NCCN1CCOCC1)c1nc(O)c(O)c(C(=O)NCc2ccc(F)cc2)n1. The molecule has 0 saturated carbocycles. The van der Waals surface area contributed by atoms with Crippen LogP contribution in [0, 0.1) is 5.82 Å². The molecule has 0 radical (unpaired) electrons. The predicted molar refractivity (Wildman–Crippen MR) is 103 cm³/mol. The highest BCUT2D eigenvalue weighted by Crippen LogP contribution is 2.25. The summed E-state index contributed by atoms with van der Waals surface area (Å²) in [6, 6.07) is 5.46. The highest BCUT2D eigenvalue weighted by molar-refractivity contribution is 5.97. The molecule has 10 nitrogen and oxygen atoms in total. The molecule has 3 rings (SSSR count). The molecule has 1 aromatic heterocycles. The van der Waals surface area contributed by atoms with Crippen LogP contribution >= 0.6 is 0 Å². The first-order valence-electron chi connectivity index (χ1n) is 9.35. The molecule has 0 unspecified atom stereocenters. The van der Waals surface area contributed by atoms with Crippen LogP contribution in [0.1, 0.15) is 26.7 Å². The number of benzene rings is 1. The molecule has 0 bridgehead atoms. The normalized spacial score (nSPS) is 14.3. The molecular weight excluding hydrogens is 397 g/mol. The van der Waals surface area contributed by atoms with Crippen molar-refractivity contribution in [2.45, 2.75) is 6.54 Å². The fourth-order valence-electron chi connectivity index (χ4n) is 2.80. The van der Waals surface area contributed by atoms with Crippen LogP contribution in [-0.4, -0.2) is 76.3 Å². The van der Waals surface area contributed by atoms with Gasteiger partial charge < -0.3 is 25.6 Å². The molecule has 0 spiro atoms. The number of aromatic hydroxyl groups is 2. The quantitative estimate of drug-likeness (QED) is 0.493. The van der Waals surface area contributed by atoms with E-state index in [0.29, 0.717) is 31.9 Å². The first-order chi connectivity index (χ1) is 14.4. The second-order valence-electron chi connectivity index (χ2n) is 6.59. The van der Waals surface area contributed by atoms with E-state index in [2.05, 4.69) is 25.5 Å².